The Morgan fingerprint density at radius 1 is 1.22 bits per heavy atom. The van der Waals surface area contributed by atoms with E-state index in [0.29, 0.717) is 0 Å². The topological polar surface area (TPSA) is 46.2 Å². The minimum absolute atomic E-state index is 0.0531. The fraction of sp³-hybridized carbons (Fsp3) is 0.867. The van der Waals surface area contributed by atoms with Crippen LogP contribution in [0.3, 0.4) is 0 Å². The van der Waals surface area contributed by atoms with Crippen molar-refractivity contribution < 1.29 is 9.59 Å². The highest BCUT2D eigenvalue weighted by molar-refractivity contribution is 5.90. The number of rotatable bonds is 3. The van der Waals surface area contributed by atoms with Crippen molar-refractivity contribution in [2.45, 2.75) is 60.3 Å². The van der Waals surface area contributed by atoms with Gasteiger partial charge in [0.05, 0.1) is 6.54 Å². The van der Waals surface area contributed by atoms with E-state index in [1.165, 1.54) is 6.42 Å². The van der Waals surface area contributed by atoms with Gasteiger partial charge in [-0.1, -0.05) is 47.5 Å². The summed E-state index contributed by atoms with van der Waals surface area (Å²) in [7, 11) is 0. The predicted molar refractivity (Wildman–Crippen MR) is 73.2 cm³/mol. The van der Waals surface area contributed by atoms with Crippen LogP contribution < -0.4 is 5.32 Å². The maximum Gasteiger partial charge on any atom is 0.224 e. The zero-order valence-corrected chi connectivity index (χ0v) is 12.4. The van der Waals surface area contributed by atoms with Crippen LogP contribution >= 0.6 is 0 Å². The van der Waals surface area contributed by atoms with Gasteiger partial charge in [0, 0.05) is 11.3 Å². The molecule has 3 heteroatoms. The van der Waals surface area contributed by atoms with Gasteiger partial charge in [0.25, 0.3) is 0 Å². The molecule has 1 N–H and O–H groups in total. The van der Waals surface area contributed by atoms with E-state index in [0.717, 1.165) is 19.3 Å². The third-order valence-corrected chi connectivity index (χ3v) is 4.08. The molecular formula is C15H27NO2. The molecule has 0 aromatic rings. The van der Waals surface area contributed by atoms with E-state index in [-0.39, 0.29) is 35.0 Å². The van der Waals surface area contributed by atoms with E-state index in [2.05, 4.69) is 19.2 Å². The monoisotopic (exact) mass is 253 g/mol. The summed E-state index contributed by atoms with van der Waals surface area (Å²) in [5, 5.41) is 2.83. The summed E-state index contributed by atoms with van der Waals surface area (Å²) in [5.74, 6) is 0.195. The summed E-state index contributed by atoms with van der Waals surface area (Å²) in [6.07, 6.45) is 4.37. The first-order chi connectivity index (χ1) is 8.14. The first-order valence-corrected chi connectivity index (χ1v) is 6.95. The van der Waals surface area contributed by atoms with Crippen LogP contribution in [0.4, 0.5) is 0 Å². The van der Waals surface area contributed by atoms with E-state index < -0.39 is 0 Å². The summed E-state index contributed by atoms with van der Waals surface area (Å²) in [6.45, 7) is 10.1. The number of amides is 1. The van der Waals surface area contributed by atoms with E-state index >= 15 is 0 Å². The van der Waals surface area contributed by atoms with Gasteiger partial charge >= 0.3 is 0 Å². The third kappa shape index (κ3) is 3.82. The van der Waals surface area contributed by atoms with Crippen molar-refractivity contribution in [2.75, 3.05) is 6.54 Å². The molecule has 0 bridgehead atoms. The quantitative estimate of drug-likeness (QED) is 0.840. The lowest BCUT2D eigenvalue weighted by Crippen LogP contribution is -2.44. The largest absolute Gasteiger partial charge is 0.349 e. The van der Waals surface area contributed by atoms with Gasteiger partial charge in [-0.05, 0) is 18.3 Å². The van der Waals surface area contributed by atoms with Crippen molar-refractivity contribution in [2.24, 2.45) is 16.7 Å². The molecule has 18 heavy (non-hydrogen) atoms. The molecule has 0 spiro atoms. The summed E-state index contributed by atoms with van der Waals surface area (Å²) in [5.41, 5.74) is -0.317. The Labute approximate surface area is 111 Å². The summed E-state index contributed by atoms with van der Waals surface area (Å²) in [6, 6.07) is 0. The average molecular weight is 253 g/mol. The SMILES string of the molecule is CC(C)(C)C(=O)CNC(=O)C1CCCCC1(C)C. The van der Waals surface area contributed by atoms with Crippen molar-refractivity contribution in [1.82, 2.24) is 5.32 Å². The molecule has 0 heterocycles. The summed E-state index contributed by atoms with van der Waals surface area (Å²) >= 11 is 0. The Balaban J connectivity index is 2.53. The number of hydrogen-bond acceptors (Lipinski definition) is 2. The molecule has 0 saturated heterocycles. The van der Waals surface area contributed by atoms with Crippen LogP contribution in [-0.2, 0) is 9.59 Å². The Bertz CT molecular complexity index is 326. The molecule has 1 amide bonds. The van der Waals surface area contributed by atoms with Gasteiger partial charge in [-0.3, -0.25) is 9.59 Å². The Kier molecular flexibility index (Phi) is 4.57. The molecule has 0 aromatic heterocycles. The lowest BCUT2D eigenvalue weighted by molar-refractivity contribution is -0.134. The zero-order valence-electron chi connectivity index (χ0n) is 12.4. The zero-order chi connectivity index (χ0) is 14.0. The number of nitrogens with one attached hydrogen (secondary N) is 1. The standard InChI is InChI=1S/C15H27NO2/c1-14(2,3)12(17)10-16-13(18)11-8-6-7-9-15(11,4)5/h11H,6-10H2,1-5H3,(H,16,18). The lowest BCUT2D eigenvalue weighted by Gasteiger charge is -2.37. The number of carbonyl (C=O) groups is 2. The maximum absolute atomic E-state index is 12.2. The molecule has 1 atom stereocenters. The number of carbonyl (C=O) groups excluding carboxylic acids is 2. The fourth-order valence-electron chi connectivity index (χ4n) is 2.54. The first-order valence-electron chi connectivity index (χ1n) is 6.95. The normalized spacial score (nSPS) is 23.5. The number of hydrogen-bond donors (Lipinski definition) is 1. The fourth-order valence-corrected chi connectivity index (χ4v) is 2.54. The molecule has 3 nitrogen and oxygen atoms in total. The number of Topliss-reactive ketones (excluding diaryl/α,β-unsaturated/α-hetero) is 1. The van der Waals surface area contributed by atoms with Crippen molar-refractivity contribution in [1.29, 1.82) is 0 Å². The Hall–Kier alpha value is -0.860. The third-order valence-electron chi connectivity index (χ3n) is 4.08. The van der Waals surface area contributed by atoms with Crippen molar-refractivity contribution >= 4 is 11.7 Å². The van der Waals surface area contributed by atoms with Crippen LogP contribution in [-0.4, -0.2) is 18.2 Å². The number of ketones is 1. The lowest BCUT2D eigenvalue weighted by atomic mass is 9.68. The molecule has 1 unspecified atom stereocenters. The second-order valence-corrected chi connectivity index (χ2v) is 7.18. The molecule has 1 aliphatic carbocycles. The van der Waals surface area contributed by atoms with Gasteiger partial charge in [0.1, 0.15) is 0 Å². The van der Waals surface area contributed by atoms with Crippen LogP contribution in [0.2, 0.25) is 0 Å². The molecular weight excluding hydrogens is 226 g/mol. The minimum atomic E-state index is -0.380. The summed E-state index contributed by atoms with van der Waals surface area (Å²) in [4.78, 5) is 24.0. The Morgan fingerprint density at radius 3 is 2.33 bits per heavy atom. The molecule has 1 aliphatic rings. The van der Waals surface area contributed by atoms with Gasteiger partial charge < -0.3 is 5.32 Å². The highest BCUT2D eigenvalue weighted by atomic mass is 16.2. The predicted octanol–water partition coefficient (Wildman–Crippen LogP) is 2.93. The first kappa shape index (κ1) is 15.2. The van der Waals surface area contributed by atoms with Gasteiger partial charge in [0.2, 0.25) is 5.91 Å². The molecule has 0 aliphatic heterocycles. The van der Waals surface area contributed by atoms with Crippen molar-refractivity contribution in [3.05, 3.63) is 0 Å². The Morgan fingerprint density at radius 2 is 1.83 bits per heavy atom. The highest BCUT2D eigenvalue weighted by Gasteiger charge is 2.37. The van der Waals surface area contributed by atoms with Gasteiger partial charge in [-0.15, -0.1) is 0 Å². The highest BCUT2D eigenvalue weighted by Crippen LogP contribution is 2.40. The van der Waals surface area contributed by atoms with Crippen LogP contribution in [0.5, 0.6) is 0 Å². The molecule has 0 aromatic carbocycles. The van der Waals surface area contributed by atoms with Crippen LogP contribution in [0.15, 0.2) is 0 Å². The molecule has 104 valence electrons. The van der Waals surface area contributed by atoms with E-state index in [1.807, 2.05) is 20.8 Å². The smallest absolute Gasteiger partial charge is 0.224 e. The van der Waals surface area contributed by atoms with Crippen molar-refractivity contribution in [3.63, 3.8) is 0 Å². The molecule has 1 saturated carbocycles. The van der Waals surface area contributed by atoms with Crippen LogP contribution in [0.25, 0.3) is 0 Å². The molecule has 0 radical (unpaired) electrons. The second kappa shape index (κ2) is 5.41. The van der Waals surface area contributed by atoms with Crippen LogP contribution in [0, 0.1) is 16.7 Å². The van der Waals surface area contributed by atoms with Gasteiger partial charge in [0.15, 0.2) is 5.78 Å². The van der Waals surface area contributed by atoms with E-state index in [9.17, 15) is 9.59 Å². The van der Waals surface area contributed by atoms with Gasteiger partial charge in [-0.2, -0.15) is 0 Å². The second-order valence-electron chi connectivity index (χ2n) is 7.18. The van der Waals surface area contributed by atoms with Crippen LogP contribution in [0.1, 0.15) is 60.3 Å². The average Bonchev–Trinajstić information content (AvgIpc) is 2.23. The minimum Gasteiger partial charge on any atom is -0.349 e. The van der Waals surface area contributed by atoms with Crippen molar-refractivity contribution in [3.8, 4) is 0 Å². The molecule has 1 rings (SSSR count). The summed E-state index contributed by atoms with van der Waals surface area (Å²) < 4.78 is 0. The van der Waals surface area contributed by atoms with Gasteiger partial charge in [-0.25, -0.2) is 0 Å². The molecule has 1 fully saturated rings. The maximum atomic E-state index is 12.2. The van der Waals surface area contributed by atoms with E-state index in [4.69, 9.17) is 0 Å². The van der Waals surface area contributed by atoms with E-state index in [1.54, 1.807) is 0 Å².